The zero-order chi connectivity index (χ0) is 20.5. The zero-order valence-electron chi connectivity index (χ0n) is 17.0. The fraction of sp³-hybridized carbons (Fsp3) is 0.250. The van der Waals surface area contributed by atoms with Crippen LogP contribution in [0.4, 0.5) is 0 Å². The number of nitrogens with one attached hydrogen (secondary N) is 1. The van der Waals surface area contributed by atoms with Crippen LogP contribution in [0.5, 0.6) is 0 Å². The molecule has 144 valence electrons. The number of rotatable bonds is 2. The van der Waals surface area contributed by atoms with Crippen molar-refractivity contribution in [3.63, 3.8) is 0 Å². The van der Waals surface area contributed by atoms with Crippen LogP contribution < -0.4 is 10.3 Å². The molecule has 0 aliphatic carbocycles. The van der Waals surface area contributed by atoms with Crippen LogP contribution in [0.15, 0.2) is 60.7 Å². The summed E-state index contributed by atoms with van der Waals surface area (Å²) < 4.78 is 0. The Balaban J connectivity index is 0.000000302. The molecular formula is C24H27N3O. The number of nitrogens with zero attached hydrogens (tertiary/aromatic N) is 2. The van der Waals surface area contributed by atoms with Crippen LogP contribution in [-0.2, 0) is 0 Å². The van der Waals surface area contributed by atoms with Crippen LogP contribution >= 0.6 is 0 Å². The lowest BCUT2D eigenvalue weighted by atomic mass is 9.94. The predicted molar refractivity (Wildman–Crippen MR) is 122 cm³/mol. The molecule has 0 saturated heterocycles. The average molecular weight is 374 g/mol. The molecule has 28 heavy (non-hydrogen) atoms. The quantitative estimate of drug-likeness (QED) is 0.196. The monoisotopic (exact) mass is 373 g/mol. The number of fused-ring (bicyclic) bond motifs is 4. The number of benzene rings is 4. The molecule has 0 heterocycles. The first-order valence-corrected chi connectivity index (χ1v) is 9.56. The lowest BCUT2D eigenvalue weighted by Crippen LogP contribution is -2.09. The maximum Gasteiger partial charge on any atom is 0.151 e. The minimum absolute atomic E-state index is 1.09. The van der Waals surface area contributed by atoms with E-state index in [2.05, 4.69) is 93.7 Å². The second-order valence-corrected chi connectivity index (χ2v) is 6.63. The van der Waals surface area contributed by atoms with Crippen LogP contribution in [0, 0.1) is 18.8 Å². The van der Waals surface area contributed by atoms with E-state index in [-0.39, 0.29) is 0 Å². The largest absolute Gasteiger partial charge is 0.317 e. The van der Waals surface area contributed by atoms with Gasteiger partial charge in [-0.05, 0) is 82.5 Å². The van der Waals surface area contributed by atoms with Gasteiger partial charge in [0.15, 0.2) is 4.91 Å². The van der Waals surface area contributed by atoms with Crippen molar-refractivity contribution < 1.29 is 0 Å². The fourth-order valence-electron chi connectivity index (χ4n) is 3.38. The summed E-state index contributed by atoms with van der Waals surface area (Å²) in [5.74, 6) is 0. The lowest BCUT2D eigenvalue weighted by Gasteiger charge is -2.10. The molecular weight excluding hydrogens is 346 g/mol. The van der Waals surface area contributed by atoms with E-state index in [4.69, 9.17) is 10.4 Å². The fourth-order valence-corrected chi connectivity index (χ4v) is 3.38. The Morgan fingerprint density at radius 3 is 1.93 bits per heavy atom. The van der Waals surface area contributed by atoms with Crippen LogP contribution in [0.3, 0.4) is 0 Å². The van der Waals surface area contributed by atoms with E-state index in [1.807, 2.05) is 0 Å². The highest BCUT2D eigenvalue weighted by molar-refractivity contribution is 6.13. The molecule has 0 amide bonds. The van der Waals surface area contributed by atoms with E-state index >= 15 is 0 Å². The second-order valence-electron chi connectivity index (χ2n) is 6.63. The highest BCUT2D eigenvalue weighted by atomic mass is 16.2. The van der Waals surface area contributed by atoms with Crippen LogP contribution in [-0.4, -0.2) is 13.1 Å². The Morgan fingerprint density at radius 2 is 1.36 bits per heavy atom. The Morgan fingerprint density at radius 1 is 0.821 bits per heavy atom. The highest BCUT2D eigenvalue weighted by Crippen LogP contribution is 2.32. The summed E-state index contributed by atoms with van der Waals surface area (Å²) in [6.07, 6.45) is 0. The van der Waals surface area contributed by atoms with Gasteiger partial charge < -0.3 is 5.32 Å². The van der Waals surface area contributed by atoms with Crippen LogP contribution in [0.25, 0.3) is 37.8 Å². The van der Waals surface area contributed by atoms with E-state index in [9.17, 15) is 0 Å². The van der Waals surface area contributed by atoms with Gasteiger partial charge >= 0.3 is 0 Å². The van der Waals surface area contributed by atoms with Gasteiger partial charge in [-0.1, -0.05) is 62.4 Å². The third kappa shape index (κ3) is 4.80. The van der Waals surface area contributed by atoms with Crippen molar-refractivity contribution in [2.45, 2.75) is 27.7 Å². The van der Waals surface area contributed by atoms with Crippen LogP contribution in [0.1, 0.15) is 25.0 Å². The molecule has 0 aromatic heterocycles. The molecule has 0 unspecified atom stereocenters. The summed E-state index contributed by atoms with van der Waals surface area (Å²) in [5.41, 5.74) is 9.39. The minimum atomic E-state index is 1.09. The molecule has 0 aliphatic rings. The predicted octanol–water partition coefficient (Wildman–Crippen LogP) is 6.22. The molecule has 4 aromatic rings. The van der Waals surface area contributed by atoms with Gasteiger partial charge in [-0.2, -0.15) is 0 Å². The Labute approximate surface area is 166 Å². The van der Waals surface area contributed by atoms with E-state index in [1.54, 1.807) is 0 Å². The first-order chi connectivity index (χ1) is 13.6. The Kier molecular flexibility index (Phi) is 7.82. The maximum absolute atomic E-state index is 8.11. The van der Waals surface area contributed by atoms with Crippen molar-refractivity contribution >= 4 is 32.3 Å². The van der Waals surface area contributed by atoms with Gasteiger partial charge in [-0.25, -0.2) is 0 Å². The summed E-state index contributed by atoms with van der Waals surface area (Å²) in [7, 11) is 0. The summed E-state index contributed by atoms with van der Waals surface area (Å²) >= 11 is 0. The summed E-state index contributed by atoms with van der Waals surface area (Å²) in [6.45, 7) is 10.8. The molecule has 0 spiro atoms. The van der Waals surface area contributed by atoms with Gasteiger partial charge in [0.05, 0.1) is 0 Å². The SMILES string of the molecule is CCNCC.Cc1ccc2ccc3cc4ccccc4cc3c2c1C.[N-]=[N+]=O. The molecule has 0 saturated carbocycles. The molecule has 0 radical (unpaired) electrons. The van der Waals surface area contributed by atoms with Crippen molar-refractivity contribution in [3.8, 4) is 0 Å². The summed E-state index contributed by atoms with van der Waals surface area (Å²) in [4.78, 5) is 9.36. The molecule has 4 nitrogen and oxygen atoms in total. The first-order valence-electron chi connectivity index (χ1n) is 9.56. The molecule has 4 heteroatoms. The molecule has 1 N–H and O–H groups in total. The number of aryl methyl sites for hydroxylation is 2. The van der Waals surface area contributed by atoms with Gasteiger partial charge in [-0.15, -0.1) is 0 Å². The summed E-state index contributed by atoms with van der Waals surface area (Å²) in [5, 5.41) is 11.1. The maximum atomic E-state index is 8.11. The Hall–Kier alpha value is -3.07. The van der Waals surface area contributed by atoms with Gasteiger partial charge in [0, 0.05) is 0 Å². The standard InChI is InChI=1S/C20H16.C4H11N.N2O/c1-13-7-8-15-9-10-18-11-16-5-3-4-6-17(16)12-19(18)20(15)14(13)2;1-3-5-4-2;1-2-3/h3-12H,1-2H3;5H,3-4H2,1-2H3;. The lowest BCUT2D eigenvalue weighted by molar-refractivity contribution is 0.762. The third-order valence-electron chi connectivity index (χ3n) is 4.90. The zero-order valence-corrected chi connectivity index (χ0v) is 17.0. The topological polar surface area (TPSA) is 65.5 Å². The number of hydrogen-bond acceptors (Lipinski definition) is 2. The van der Waals surface area contributed by atoms with Gasteiger partial charge in [-0.3, -0.25) is 5.53 Å². The van der Waals surface area contributed by atoms with Crippen LogP contribution in [0.2, 0.25) is 0 Å². The first kappa shape index (κ1) is 21.2. The van der Waals surface area contributed by atoms with Crippen molar-refractivity contribution in [1.29, 1.82) is 0 Å². The van der Waals surface area contributed by atoms with Crippen molar-refractivity contribution in [1.82, 2.24) is 10.3 Å². The molecule has 0 fully saturated rings. The van der Waals surface area contributed by atoms with Gasteiger partial charge in [0.2, 0.25) is 0 Å². The normalized spacial score (nSPS) is 10.0. The van der Waals surface area contributed by atoms with Crippen molar-refractivity contribution in [3.05, 3.63) is 82.2 Å². The summed E-state index contributed by atoms with van der Waals surface area (Å²) in [6, 6.07) is 22.1. The van der Waals surface area contributed by atoms with Crippen molar-refractivity contribution in [2.24, 2.45) is 0 Å². The molecule has 4 rings (SSSR count). The van der Waals surface area contributed by atoms with Crippen molar-refractivity contribution in [2.75, 3.05) is 13.1 Å². The third-order valence-corrected chi connectivity index (χ3v) is 4.90. The smallest absolute Gasteiger partial charge is 0.151 e. The van der Waals surface area contributed by atoms with E-state index < -0.39 is 0 Å². The molecule has 0 bridgehead atoms. The van der Waals surface area contributed by atoms with E-state index in [1.165, 1.54) is 48.4 Å². The highest BCUT2D eigenvalue weighted by Gasteiger charge is 2.06. The number of hydrogen-bond donors (Lipinski definition) is 1. The molecule has 0 atom stereocenters. The minimum Gasteiger partial charge on any atom is -0.317 e. The van der Waals surface area contributed by atoms with Gasteiger partial charge in [0.1, 0.15) is 4.97 Å². The average Bonchev–Trinajstić information content (AvgIpc) is 2.70. The van der Waals surface area contributed by atoms with E-state index in [0.29, 0.717) is 0 Å². The van der Waals surface area contributed by atoms with E-state index in [0.717, 1.165) is 13.1 Å². The molecule has 0 aliphatic heterocycles. The number of nitroso groups, excluding NO2 is 1. The molecule has 4 aromatic carbocycles. The Bertz CT molecular complexity index is 1110. The second kappa shape index (κ2) is 10.3. The van der Waals surface area contributed by atoms with Gasteiger partial charge in [0.25, 0.3) is 0 Å².